The molecule has 2 unspecified atom stereocenters. The molecule has 1 saturated carbocycles. The minimum Gasteiger partial charge on any atom is -0.381 e. The molecule has 0 aromatic rings. The average Bonchev–Trinajstić information content (AvgIpc) is 2.34. The van der Waals surface area contributed by atoms with Crippen LogP contribution in [0.2, 0.25) is 0 Å². The van der Waals surface area contributed by atoms with Gasteiger partial charge in [0.05, 0.1) is 5.92 Å². The number of nitrogens with one attached hydrogen (secondary N) is 1. The minimum absolute atomic E-state index is 0.0281. The zero-order valence-corrected chi connectivity index (χ0v) is 10.9. The van der Waals surface area contributed by atoms with Gasteiger partial charge in [0.15, 0.2) is 0 Å². The predicted molar refractivity (Wildman–Crippen MR) is 68.7 cm³/mol. The Hall–Kier alpha value is -0.610. The maximum atomic E-state index is 11.9. The number of ether oxygens (including phenoxy) is 1. The molecule has 4 heteroatoms. The van der Waals surface area contributed by atoms with Crippen molar-refractivity contribution in [1.29, 1.82) is 0 Å². The molecule has 1 rings (SSSR count). The van der Waals surface area contributed by atoms with Gasteiger partial charge < -0.3 is 15.8 Å². The van der Waals surface area contributed by atoms with E-state index in [1.165, 1.54) is 0 Å². The Morgan fingerprint density at radius 2 is 2.12 bits per heavy atom. The van der Waals surface area contributed by atoms with Gasteiger partial charge in [0.25, 0.3) is 0 Å². The van der Waals surface area contributed by atoms with Crippen molar-refractivity contribution in [2.24, 2.45) is 11.7 Å². The summed E-state index contributed by atoms with van der Waals surface area (Å²) in [5.74, 6) is 0.160. The number of carbonyl (C=O) groups is 1. The molecule has 4 nitrogen and oxygen atoms in total. The van der Waals surface area contributed by atoms with Gasteiger partial charge in [-0.2, -0.15) is 0 Å². The van der Waals surface area contributed by atoms with Gasteiger partial charge in [-0.05, 0) is 25.7 Å². The van der Waals surface area contributed by atoms with Gasteiger partial charge in [-0.15, -0.1) is 0 Å². The molecule has 1 aliphatic carbocycles. The molecule has 0 radical (unpaired) electrons. The molecule has 17 heavy (non-hydrogen) atoms. The molecule has 0 aliphatic heterocycles. The molecule has 3 N–H and O–H groups in total. The molecule has 0 saturated heterocycles. The van der Waals surface area contributed by atoms with E-state index in [-0.39, 0.29) is 17.9 Å². The predicted octanol–water partition coefficient (Wildman–Crippen LogP) is 1.44. The van der Waals surface area contributed by atoms with E-state index in [0.717, 1.165) is 51.7 Å². The summed E-state index contributed by atoms with van der Waals surface area (Å²) in [6.45, 7) is 4.32. The molecule has 1 aliphatic rings. The maximum Gasteiger partial charge on any atom is 0.224 e. The van der Waals surface area contributed by atoms with Crippen molar-refractivity contribution in [3.8, 4) is 0 Å². The summed E-state index contributed by atoms with van der Waals surface area (Å²) >= 11 is 0. The topological polar surface area (TPSA) is 64.3 Å². The average molecular weight is 242 g/mol. The van der Waals surface area contributed by atoms with Crippen molar-refractivity contribution in [3.63, 3.8) is 0 Å². The van der Waals surface area contributed by atoms with Crippen LogP contribution in [0.25, 0.3) is 0 Å². The lowest BCUT2D eigenvalue weighted by Gasteiger charge is -2.27. The number of hydrogen-bond donors (Lipinski definition) is 2. The summed E-state index contributed by atoms with van der Waals surface area (Å²) in [7, 11) is 0. The largest absolute Gasteiger partial charge is 0.381 e. The summed E-state index contributed by atoms with van der Waals surface area (Å²) < 4.78 is 5.36. The highest BCUT2D eigenvalue weighted by atomic mass is 16.5. The Morgan fingerprint density at radius 1 is 1.35 bits per heavy atom. The Bertz CT molecular complexity index is 221. The van der Waals surface area contributed by atoms with E-state index < -0.39 is 0 Å². The Labute approximate surface area is 104 Å². The van der Waals surface area contributed by atoms with E-state index in [0.29, 0.717) is 6.54 Å². The Morgan fingerprint density at radius 3 is 2.82 bits per heavy atom. The number of amides is 1. The minimum atomic E-state index is 0.0281. The first-order valence-corrected chi connectivity index (χ1v) is 6.86. The molecule has 100 valence electrons. The lowest BCUT2D eigenvalue weighted by molar-refractivity contribution is -0.126. The van der Waals surface area contributed by atoms with Gasteiger partial charge >= 0.3 is 0 Å². The monoisotopic (exact) mass is 242 g/mol. The Balaban J connectivity index is 2.07. The van der Waals surface area contributed by atoms with Crippen LogP contribution in [0.3, 0.4) is 0 Å². The smallest absolute Gasteiger partial charge is 0.224 e. The first-order chi connectivity index (χ1) is 8.25. The summed E-state index contributed by atoms with van der Waals surface area (Å²) in [5, 5.41) is 2.96. The summed E-state index contributed by atoms with van der Waals surface area (Å²) in [4.78, 5) is 11.9. The van der Waals surface area contributed by atoms with E-state index in [2.05, 4.69) is 12.2 Å². The quantitative estimate of drug-likeness (QED) is 0.664. The van der Waals surface area contributed by atoms with Crippen LogP contribution in [-0.4, -0.2) is 31.7 Å². The van der Waals surface area contributed by atoms with E-state index >= 15 is 0 Å². The fourth-order valence-electron chi connectivity index (χ4n) is 2.25. The molecule has 1 amide bonds. The normalized spacial score (nSPS) is 24.6. The molecular formula is C13H26N2O2. The van der Waals surface area contributed by atoms with Crippen LogP contribution in [0.1, 0.15) is 45.4 Å². The molecule has 0 spiro atoms. The van der Waals surface area contributed by atoms with Gasteiger partial charge in [-0.1, -0.05) is 19.8 Å². The molecular weight excluding hydrogens is 216 g/mol. The first-order valence-electron chi connectivity index (χ1n) is 6.86. The number of carbonyl (C=O) groups excluding carboxylic acids is 1. The van der Waals surface area contributed by atoms with Gasteiger partial charge in [-0.3, -0.25) is 4.79 Å². The summed E-state index contributed by atoms with van der Waals surface area (Å²) in [6.07, 6.45) is 6.15. The lowest BCUT2D eigenvalue weighted by Crippen LogP contribution is -2.44. The van der Waals surface area contributed by atoms with E-state index in [1.54, 1.807) is 0 Å². The first kappa shape index (κ1) is 14.5. The van der Waals surface area contributed by atoms with E-state index in [4.69, 9.17) is 10.5 Å². The van der Waals surface area contributed by atoms with Crippen LogP contribution in [0.5, 0.6) is 0 Å². The number of nitrogens with two attached hydrogens (primary N) is 1. The zero-order chi connectivity index (χ0) is 12.5. The molecule has 0 bridgehead atoms. The van der Waals surface area contributed by atoms with Gasteiger partial charge in [0, 0.05) is 25.8 Å². The van der Waals surface area contributed by atoms with Crippen molar-refractivity contribution in [2.75, 3.05) is 19.8 Å². The second kappa shape index (κ2) is 8.48. The van der Waals surface area contributed by atoms with Crippen LogP contribution in [0.4, 0.5) is 0 Å². The van der Waals surface area contributed by atoms with Crippen LogP contribution in [0.15, 0.2) is 0 Å². The van der Waals surface area contributed by atoms with Gasteiger partial charge in [-0.25, -0.2) is 0 Å². The highest BCUT2D eigenvalue weighted by Gasteiger charge is 2.27. The van der Waals surface area contributed by atoms with Crippen molar-refractivity contribution in [2.45, 2.75) is 51.5 Å². The van der Waals surface area contributed by atoms with Crippen molar-refractivity contribution < 1.29 is 9.53 Å². The fourth-order valence-corrected chi connectivity index (χ4v) is 2.25. The summed E-state index contributed by atoms with van der Waals surface area (Å²) in [5.41, 5.74) is 5.96. The van der Waals surface area contributed by atoms with Crippen LogP contribution < -0.4 is 11.1 Å². The summed E-state index contributed by atoms with van der Waals surface area (Å²) in [6, 6.07) is 0.0556. The molecule has 0 aromatic heterocycles. The van der Waals surface area contributed by atoms with Gasteiger partial charge in [0.1, 0.15) is 0 Å². The highest BCUT2D eigenvalue weighted by Crippen LogP contribution is 2.22. The SMILES string of the molecule is CCCOCCCNC(=O)C1CCCCC1N. The highest BCUT2D eigenvalue weighted by molar-refractivity contribution is 5.79. The maximum absolute atomic E-state index is 11.9. The van der Waals surface area contributed by atoms with Crippen LogP contribution in [0, 0.1) is 5.92 Å². The second-order valence-corrected chi connectivity index (χ2v) is 4.81. The van der Waals surface area contributed by atoms with Crippen LogP contribution in [-0.2, 0) is 9.53 Å². The standard InChI is InChI=1S/C13H26N2O2/c1-2-9-17-10-5-8-15-13(16)11-6-3-4-7-12(11)14/h11-12H,2-10,14H2,1H3,(H,15,16). The molecule has 2 atom stereocenters. The number of rotatable bonds is 7. The third kappa shape index (κ3) is 5.50. The third-order valence-corrected chi connectivity index (χ3v) is 3.27. The van der Waals surface area contributed by atoms with Crippen molar-refractivity contribution in [1.82, 2.24) is 5.32 Å². The van der Waals surface area contributed by atoms with Crippen LogP contribution >= 0.6 is 0 Å². The van der Waals surface area contributed by atoms with Crippen molar-refractivity contribution in [3.05, 3.63) is 0 Å². The third-order valence-electron chi connectivity index (χ3n) is 3.27. The van der Waals surface area contributed by atoms with Gasteiger partial charge in [0.2, 0.25) is 5.91 Å². The van der Waals surface area contributed by atoms with E-state index in [1.807, 2.05) is 0 Å². The Kier molecular flexibility index (Phi) is 7.21. The molecule has 1 fully saturated rings. The van der Waals surface area contributed by atoms with E-state index in [9.17, 15) is 4.79 Å². The number of hydrogen-bond acceptors (Lipinski definition) is 3. The zero-order valence-electron chi connectivity index (χ0n) is 10.9. The van der Waals surface area contributed by atoms with Crippen molar-refractivity contribution >= 4 is 5.91 Å². The lowest BCUT2D eigenvalue weighted by atomic mass is 9.84. The molecule has 0 aromatic carbocycles. The second-order valence-electron chi connectivity index (χ2n) is 4.81. The fraction of sp³-hybridized carbons (Fsp3) is 0.923. The molecule has 0 heterocycles.